The molecule has 4 aromatic carbocycles. The molecule has 0 saturated carbocycles. The molecule has 170 valence electrons. The Bertz CT molecular complexity index is 1400. The second-order valence-corrected chi connectivity index (χ2v) is 8.69. The molecule has 0 aliphatic carbocycles. The van der Waals surface area contributed by atoms with E-state index in [0.717, 1.165) is 39.1 Å². The van der Waals surface area contributed by atoms with E-state index in [2.05, 4.69) is 62.0 Å². The Kier molecular flexibility index (Phi) is 6.28. The molecule has 2 heteroatoms. The van der Waals surface area contributed by atoms with E-state index in [0.29, 0.717) is 5.56 Å². The zero-order valence-electron chi connectivity index (χ0n) is 19.8. The van der Waals surface area contributed by atoms with Gasteiger partial charge in [0.15, 0.2) is 0 Å². The summed E-state index contributed by atoms with van der Waals surface area (Å²) in [4.78, 5) is 15.6. The summed E-state index contributed by atoms with van der Waals surface area (Å²) in [6.07, 6.45) is 1.97. The maximum Gasteiger partial charge on any atom is 0.262 e. The Labute approximate surface area is 207 Å². The van der Waals surface area contributed by atoms with Crippen LogP contribution in [0.3, 0.4) is 0 Å². The van der Waals surface area contributed by atoms with Crippen LogP contribution in [0.2, 0.25) is 0 Å². The molecule has 1 heterocycles. The van der Waals surface area contributed by atoms with Crippen molar-refractivity contribution in [1.29, 1.82) is 0 Å². The van der Waals surface area contributed by atoms with Crippen LogP contribution >= 0.6 is 0 Å². The fourth-order valence-electron chi connectivity index (χ4n) is 4.80. The average Bonchev–Trinajstić information content (AvgIpc) is 3.04. The van der Waals surface area contributed by atoms with Crippen LogP contribution in [0, 0.1) is 0 Å². The predicted molar refractivity (Wildman–Crippen MR) is 144 cm³/mol. The summed E-state index contributed by atoms with van der Waals surface area (Å²) in [5.41, 5.74) is 7.93. The van der Waals surface area contributed by atoms with E-state index in [4.69, 9.17) is 0 Å². The molecule has 1 aliphatic rings. The molecule has 0 saturated heterocycles. The molecular weight excluding hydrogens is 426 g/mol. The third kappa shape index (κ3) is 4.39. The topological polar surface area (TPSA) is 20.3 Å². The Hall–Kier alpha value is -4.43. The number of benzene rings is 4. The third-order valence-electron chi connectivity index (χ3n) is 6.54. The number of amides is 1. The van der Waals surface area contributed by atoms with Crippen molar-refractivity contribution < 1.29 is 4.79 Å². The van der Waals surface area contributed by atoms with Gasteiger partial charge in [-0.1, -0.05) is 116 Å². The van der Waals surface area contributed by atoms with Crippen molar-refractivity contribution in [3.8, 4) is 0 Å². The van der Waals surface area contributed by atoms with Crippen LogP contribution in [0.1, 0.15) is 39.9 Å². The molecule has 4 aromatic rings. The first kappa shape index (κ1) is 22.4. The van der Waals surface area contributed by atoms with Crippen LogP contribution in [0.5, 0.6) is 0 Å². The van der Waals surface area contributed by atoms with Crippen LogP contribution < -0.4 is 0 Å². The molecule has 0 radical (unpaired) electrons. The number of rotatable bonds is 4. The van der Waals surface area contributed by atoms with Gasteiger partial charge in [0.1, 0.15) is 0 Å². The van der Waals surface area contributed by atoms with E-state index in [1.54, 1.807) is 4.90 Å². The van der Waals surface area contributed by atoms with Crippen molar-refractivity contribution in [2.45, 2.75) is 12.8 Å². The average molecular weight is 454 g/mol. The standard InChI is InChI=1S/C33H27NO/c1-24-30(26-15-7-3-8-16-26)23-34(33(35)29-21-13-6-14-22-29)25(2)32(28-19-11-5-12-20-28)31(24)27-17-9-4-10-18-27/h3-23,32H,2H2,1H3/t32-/m0/s1. The number of carbonyl (C=O) groups is 1. The molecule has 5 rings (SSSR count). The number of nitrogens with zero attached hydrogens (tertiary/aromatic N) is 1. The van der Waals surface area contributed by atoms with Gasteiger partial charge in [-0.05, 0) is 46.9 Å². The number of hydrogen-bond donors (Lipinski definition) is 0. The summed E-state index contributed by atoms with van der Waals surface area (Å²) < 4.78 is 0. The molecule has 0 bridgehead atoms. The highest BCUT2D eigenvalue weighted by Gasteiger charge is 2.33. The van der Waals surface area contributed by atoms with Gasteiger partial charge >= 0.3 is 0 Å². The minimum atomic E-state index is -0.191. The van der Waals surface area contributed by atoms with Crippen molar-refractivity contribution in [3.63, 3.8) is 0 Å². The van der Waals surface area contributed by atoms with Crippen molar-refractivity contribution >= 4 is 17.1 Å². The summed E-state index contributed by atoms with van der Waals surface area (Å²) in [5, 5.41) is 0. The minimum Gasteiger partial charge on any atom is -0.287 e. The Morgan fingerprint density at radius 2 is 1.17 bits per heavy atom. The van der Waals surface area contributed by atoms with E-state index in [9.17, 15) is 4.79 Å². The lowest BCUT2D eigenvalue weighted by atomic mass is 9.80. The van der Waals surface area contributed by atoms with E-state index < -0.39 is 0 Å². The first-order valence-electron chi connectivity index (χ1n) is 11.8. The number of hydrogen-bond acceptors (Lipinski definition) is 1. The molecule has 0 aromatic heterocycles. The minimum absolute atomic E-state index is 0.0907. The van der Waals surface area contributed by atoms with E-state index in [-0.39, 0.29) is 11.8 Å². The normalized spacial score (nSPS) is 16.0. The van der Waals surface area contributed by atoms with Gasteiger partial charge in [0, 0.05) is 29.0 Å². The van der Waals surface area contributed by atoms with Gasteiger partial charge in [0.2, 0.25) is 0 Å². The highest BCUT2D eigenvalue weighted by atomic mass is 16.2. The highest BCUT2D eigenvalue weighted by molar-refractivity contribution is 6.00. The second kappa shape index (κ2) is 9.82. The molecule has 0 N–H and O–H groups in total. The first-order valence-corrected chi connectivity index (χ1v) is 11.8. The molecule has 0 fully saturated rings. The zero-order chi connectivity index (χ0) is 24.2. The fraction of sp³-hybridized carbons (Fsp3) is 0.0606. The van der Waals surface area contributed by atoms with Gasteiger partial charge in [-0.3, -0.25) is 9.69 Å². The van der Waals surface area contributed by atoms with E-state index >= 15 is 0 Å². The molecule has 1 amide bonds. The second-order valence-electron chi connectivity index (χ2n) is 8.69. The monoisotopic (exact) mass is 453 g/mol. The Morgan fingerprint density at radius 1 is 0.686 bits per heavy atom. The molecular formula is C33H27NO. The van der Waals surface area contributed by atoms with Gasteiger partial charge in [0.25, 0.3) is 5.91 Å². The van der Waals surface area contributed by atoms with Crippen LogP contribution in [0.15, 0.2) is 145 Å². The van der Waals surface area contributed by atoms with Crippen molar-refractivity contribution in [3.05, 3.63) is 168 Å². The Balaban J connectivity index is 1.78. The Morgan fingerprint density at radius 3 is 1.74 bits per heavy atom. The molecule has 35 heavy (non-hydrogen) atoms. The summed E-state index contributed by atoms with van der Waals surface area (Å²) in [6.45, 7) is 6.68. The highest BCUT2D eigenvalue weighted by Crippen LogP contribution is 2.46. The largest absolute Gasteiger partial charge is 0.287 e. The maximum absolute atomic E-state index is 13.9. The van der Waals surface area contributed by atoms with Gasteiger partial charge in [-0.15, -0.1) is 0 Å². The number of carbonyl (C=O) groups excluding carboxylic acids is 1. The fourth-order valence-corrected chi connectivity index (χ4v) is 4.80. The quantitative estimate of drug-likeness (QED) is 0.307. The number of allylic oxidation sites excluding steroid dienone is 3. The summed E-state index contributed by atoms with van der Waals surface area (Å²) in [5.74, 6) is -0.282. The van der Waals surface area contributed by atoms with Crippen LogP contribution in [0.25, 0.3) is 11.1 Å². The summed E-state index contributed by atoms with van der Waals surface area (Å²) >= 11 is 0. The molecule has 0 unspecified atom stereocenters. The van der Waals surface area contributed by atoms with Crippen LogP contribution in [-0.2, 0) is 0 Å². The van der Waals surface area contributed by atoms with Gasteiger partial charge in [0.05, 0.1) is 0 Å². The lowest BCUT2D eigenvalue weighted by molar-refractivity contribution is 0.0855. The maximum atomic E-state index is 13.9. The van der Waals surface area contributed by atoms with Gasteiger partial charge in [-0.2, -0.15) is 0 Å². The van der Waals surface area contributed by atoms with E-state index in [1.165, 1.54) is 0 Å². The SMILES string of the molecule is C=C1[C@@H](c2ccccc2)C(c2ccccc2)=C(C)C(c2ccccc2)=CN1C(=O)c1ccccc1. The van der Waals surface area contributed by atoms with Crippen molar-refractivity contribution in [1.82, 2.24) is 4.90 Å². The first-order chi connectivity index (χ1) is 17.1. The lowest BCUT2D eigenvalue weighted by Gasteiger charge is -2.29. The smallest absolute Gasteiger partial charge is 0.262 e. The van der Waals surface area contributed by atoms with Crippen molar-refractivity contribution in [2.75, 3.05) is 0 Å². The third-order valence-corrected chi connectivity index (χ3v) is 6.54. The predicted octanol–water partition coefficient (Wildman–Crippen LogP) is 7.95. The lowest BCUT2D eigenvalue weighted by Crippen LogP contribution is -2.27. The summed E-state index contributed by atoms with van der Waals surface area (Å²) in [6, 6.07) is 40.4. The molecule has 2 nitrogen and oxygen atoms in total. The van der Waals surface area contributed by atoms with Crippen LogP contribution in [0.4, 0.5) is 0 Å². The summed E-state index contributed by atoms with van der Waals surface area (Å²) in [7, 11) is 0. The van der Waals surface area contributed by atoms with Crippen LogP contribution in [-0.4, -0.2) is 10.8 Å². The van der Waals surface area contributed by atoms with Crippen molar-refractivity contribution in [2.24, 2.45) is 0 Å². The van der Waals surface area contributed by atoms with E-state index in [1.807, 2.05) is 79.0 Å². The van der Waals surface area contributed by atoms with Gasteiger partial charge in [-0.25, -0.2) is 0 Å². The molecule has 1 aliphatic heterocycles. The molecule has 0 spiro atoms. The van der Waals surface area contributed by atoms with Gasteiger partial charge < -0.3 is 0 Å². The molecule has 1 atom stereocenters. The zero-order valence-corrected chi connectivity index (χ0v) is 19.8.